The van der Waals surface area contributed by atoms with Crippen molar-refractivity contribution in [3.63, 3.8) is 0 Å². The first-order chi connectivity index (χ1) is 10.2. The summed E-state index contributed by atoms with van der Waals surface area (Å²) in [6.07, 6.45) is -4.66. The Morgan fingerprint density at radius 3 is 2.27 bits per heavy atom. The van der Waals surface area contributed by atoms with Crippen LogP contribution in [0, 0.1) is 13.8 Å². The molecule has 0 unspecified atom stereocenters. The van der Waals surface area contributed by atoms with Gasteiger partial charge in [-0.15, -0.1) is 0 Å². The first kappa shape index (κ1) is 15.9. The van der Waals surface area contributed by atoms with E-state index in [1.54, 1.807) is 13.8 Å². The van der Waals surface area contributed by atoms with Crippen LogP contribution in [0.4, 0.5) is 13.2 Å². The molecule has 0 saturated heterocycles. The van der Waals surface area contributed by atoms with Gasteiger partial charge < -0.3 is 5.11 Å². The second-order valence-electron chi connectivity index (χ2n) is 4.85. The Balaban J connectivity index is 2.48. The number of hydrogen-bond acceptors (Lipinski definition) is 3. The fourth-order valence-electron chi connectivity index (χ4n) is 2.11. The third-order valence-electron chi connectivity index (χ3n) is 3.20. The van der Waals surface area contributed by atoms with E-state index in [0.29, 0.717) is 17.0 Å². The van der Waals surface area contributed by atoms with Gasteiger partial charge in [-0.05, 0) is 26.0 Å². The summed E-state index contributed by atoms with van der Waals surface area (Å²) in [5.74, 6) is -0.864. The molecular formula is C15H13F3N2O2. The van der Waals surface area contributed by atoms with Crippen molar-refractivity contribution >= 4 is 5.97 Å². The van der Waals surface area contributed by atoms with Crippen LogP contribution in [0.15, 0.2) is 24.3 Å². The molecule has 22 heavy (non-hydrogen) atoms. The van der Waals surface area contributed by atoms with Crippen LogP contribution in [0.2, 0.25) is 0 Å². The van der Waals surface area contributed by atoms with Gasteiger partial charge in [-0.2, -0.15) is 13.2 Å². The van der Waals surface area contributed by atoms with Crippen molar-refractivity contribution in [2.45, 2.75) is 26.4 Å². The predicted octanol–water partition coefficient (Wildman–Crippen LogP) is 3.41. The number of aryl methyl sites for hydroxylation is 2. The average Bonchev–Trinajstić information content (AvgIpc) is 2.41. The molecular weight excluding hydrogens is 297 g/mol. The van der Waals surface area contributed by atoms with E-state index in [2.05, 4.69) is 9.97 Å². The molecule has 2 rings (SSSR count). The van der Waals surface area contributed by atoms with Gasteiger partial charge in [-0.25, -0.2) is 9.97 Å². The van der Waals surface area contributed by atoms with Gasteiger partial charge >= 0.3 is 12.1 Å². The Hall–Kier alpha value is -2.44. The van der Waals surface area contributed by atoms with Crippen molar-refractivity contribution in [2.75, 3.05) is 0 Å². The van der Waals surface area contributed by atoms with Crippen LogP contribution < -0.4 is 0 Å². The highest BCUT2D eigenvalue weighted by Crippen LogP contribution is 2.31. The van der Waals surface area contributed by atoms with Gasteiger partial charge in [0.05, 0.1) is 12.0 Å². The van der Waals surface area contributed by atoms with E-state index in [-0.39, 0.29) is 17.8 Å². The van der Waals surface area contributed by atoms with E-state index in [9.17, 15) is 18.0 Å². The first-order valence-electron chi connectivity index (χ1n) is 6.42. The van der Waals surface area contributed by atoms with Gasteiger partial charge in [0.2, 0.25) is 0 Å². The number of carboxylic acids is 1. The van der Waals surface area contributed by atoms with Crippen LogP contribution in [0.1, 0.15) is 22.5 Å². The normalized spacial score (nSPS) is 11.5. The highest BCUT2D eigenvalue weighted by atomic mass is 19.4. The van der Waals surface area contributed by atoms with Crippen molar-refractivity contribution in [1.82, 2.24) is 9.97 Å². The lowest BCUT2D eigenvalue weighted by atomic mass is 10.1. The van der Waals surface area contributed by atoms with E-state index in [1.807, 2.05) is 0 Å². The molecule has 2 aromatic rings. The topological polar surface area (TPSA) is 63.1 Å². The van der Waals surface area contributed by atoms with E-state index >= 15 is 0 Å². The lowest BCUT2D eigenvalue weighted by molar-refractivity contribution is -0.138. The van der Waals surface area contributed by atoms with Crippen molar-refractivity contribution < 1.29 is 23.1 Å². The van der Waals surface area contributed by atoms with E-state index in [4.69, 9.17) is 5.11 Å². The molecule has 1 N–H and O–H groups in total. The second-order valence-corrected chi connectivity index (χ2v) is 4.85. The highest BCUT2D eigenvalue weighted by Gasteiger charge is 2.30. The van der Waals surface area contributed by atoms with Crippen molar-refractivity contribution in [2.24, 2.45) is 0 Å². The fraction of sp³-hybridized carbons (Fsp3) is 0.267. The third kappa shape index (κ3) is 3.41. The van der Waals surface area contributed by atoms with E-state index in [0.717, 1.165) is 12.1 Å². The summed E-state index contributed by atoms with van der Waals surface area (Å²) in [7, 11) is 0. The zero-order chi connectivity index (χ0) is 16.5. The maximum Gasteiger partial charge on any atom is 0.416 e. The maximum atomic E-state index is 12.7. The third-order valence-corrected chi connectivity index (χ3v) is 3.20. The molecule has 0 aliphatic rings. The van der Waals surface area contributed by atoms with Gasteiger partial charge in [0.25, 0.3) is 0 Å². The van der Waals surface area contributed by atoms with Gasteiger partial charge in [-0.3, -0.25) is 4.79 Å². The number of benzene rings is 1. The molecule has 0 radical (unpaired) electrons. The quantitative estimate of drug-likeness (QED) is 0.943. The van der Waals surface area contributed by atoms with Crippen molar-refractivity contribution in [1.29, 1.82) is 0 Å². The first-order valence-corrected chi connectivity index (χ1v) is 6.42. The Bertz CT molecular complexity index is 704. The summed E-state index contributed by atoms with van der Waals surface area (Å²) in [6.45, 7) is 3.23. The average molecular weight is 310 g/mol. The zero-order valence-corrected chi connectivity index (χ0v) is 11.9. The van der Waals surface area contributed by atoms with Gasteiger partial charge in [0, 0.05) is 22.5 Å². The summed E-state index contributed by atoms with van der Waals surface area (Å²) in [4.78, 5) is 19.1. The molecule has 4 nitrogen and oxygen atoms in total. The number of alkyl halides is 3. The Morgan fingerprint density at radius 1 is 1.18 bits per heavy atom. The number of rotatable bonds is 3. The Morgan fingerprint density at radius 2 is 1.77 bits per heavy atom. The van der Waals surface area contributed by atoms with Crippen molar-refractivity contribution in [3.05, 3.63) is 46.8 Å². The number of nitrogens with zero attached hydrogens (tertiary/aromatic N) is 2. The molecule has 0 bridgehead atoms. The van der Waals surface area contributed by atoms with Crippen LogP contribution in [-0.2, 0) is 17.4 Å². The van der Waals surface area contributed by atoms with Gasteiger partial charge in [0.15, 0.2) is 5.82 Å². The minimum atomic E-state index is -4.44. The minimum Gasteiger partial charge on any atom is -0.481 e. The van der Waals surface area contributed by atoms with Crippen molar-refractivity contribution in [3.8, 4) is 11.4 Å². The molecule has 0 aliphatic heterocycles. The number of carbonyl (C=O) groups is 1. The SMILES string of the molecule is Cc1nc(-c2cccc(C(F)(F)F)c2)nc(C)c1CC(=O)O. The Kier molecular flexibility index (Phi) is 4.16. The molecule has 1 aromatic heterocycles. The minimum absolute atomic E-state index is 0.148. The lowest BCUT2D eigenvalue weighted by Gasteiger charge is -2.11. The summed E-state index contributed by atoms with van der Waals surface area (Å²) < 4.78 is 38.2. The predicted molar refractivity (Wildman–Crippen MR) is 73.3 cm³/mol. The maximum absolute atomic E-state index is 12.7. The summed E-state index contributed by atoms with van der Waals surface area (Å²) in [6, 6.07) is 4.73. The van der Waals surface area contributed by atoms with Crippen LogP contribution in [0.5, 0.6) is 0 Å². The van der Waals surface area contributed by atoms with Gasteiger partial charge in [0.1, 0.15) is 0 Å². The molecule has 0 saturated carbocycles. The molecule has 7 heteroatoms. The standard InChI is InChI=1S/C15H13F3N2O2/c1-8-12(7-13(21)22)9(2)20-14(19-8)10-4-3-5-11(6-10)15(16,17)18/h3-6H,7H2,1-2H3,(H,21,22). The summed E-state index contributed by atoms with van der Waals surface area (Å²) in [5.41, 5.74) is 0.828. The summed E-state index contributed by atoms with van der Waals surface area (Å²) in [5, 5.41) is 8.85. The molecule has 0 amide bonds. The largest absolute Gasteiger partial charge is 0.481 e. The number of hydrogen-bond donors (Lipinski definition) is 1. The second kappa shape index (κ2) is 5.75. The monoisotopic (exact) mass is 310 g/mol. The molecule has 1 heterocycles. The number of halogens is 3. The Labute approximate surface area is 124 Å². The molecule has 0 atom stereocenters. The van der Waals surface area contributed by atoms with Crippen LogP contribution in [0.25, 0.3) is 11.4 Å². The fourth-order valence-corrected chi connectivity index (χ4v) is 2.11. The van der Waals surface area contributed by atoms with Crippen LogP contribution in [-0.4, -0.2) is 21.0 Å². The zero-order valence-electron chi connectivity index (χ0n) is 11.9. The lowest BCUT2D eigenvalue weighted by Crippen LogP contribution is -2.09. The molecule has 1 aromatic carbocycles. The van der Waals surface area contributed by atoms with E-state index < -0.39 is 17.7 Å². The van der Waals surface area contributed by atoms with Gasteiger partial charge in [-0.1, -0.05) is 12.1 Å². The van der Waals surface area contributed by atoms with E-state index in [1.165, 1.54) is 12.1 Å². The summed E-state index contributed by atoms with van der Waals surface area (Å²) >= 11 is 0. The number of aromatic nitrogens is 2. The smallest absolute Gasteiger partial charge is 0.416 e. The molecule has 0 fully saturated rings. The molecule has 0 spiro atoms. The highest BCUT2D eigenvalue weighted by molar-refractivity contribution is 5.71. The molecule has 116 valence electrons. The van der Waals surface area contributed by atoms with Crippen LogP contribution >= 0.6 is 0 Å². The van der Waals surface area contributed by atoms with Crippen LogP contribution in [0.3, 0.4) is 0 Å². The molecule has 0 aliphatic carbocycles. The number of aliphatic carboxylic acids is 1. The number of carboxylic acid groups (broad SMARTS) is 1.